The zero-order valence-electron chi connectivity index (χ0n) is 18.7. The second kappa shape index (κ2) is 11.3. The van der Waals surface area contributed by atoms with Crippen LogP contribution >= 0.6 is 11.8 Å². The zero-order chi connectivity index (χ0) is 24.7. The van der Waals surface area contributed by atoms with Crippen LogP contribution in [0.25, 0.3) is 12.2 Å². The normalized spacial score (nSPS) is 15.6. The highest BCUT2D eigenvalue weighted by molar-refractivity contribution is 8.18. The molecule has 178 valence electrons. The summed E-state index contributed by atoms with van der Waals surface area (Å²) in [6.07, 6.45) is 4.52. The monoisotopic (exact) mass is 499 g/mol. The largest absolute Gasteiger partial charge is 0.351 e. The Morgan fingerprint density at radius 1 is 1.03 bits per heavy atom. The Kier molecular flexibility index (Phi) is 8.43. The van der Waals surface area contributed by atoms with E-state index in [0.717, 1.165) is 22.2 Å². The van der Waals surface area contributed by atoms with Crippen LogP contribution in [-0.4, -0.2) is 49.5 Å². The predicted molar refractivity (Wildman–Crippen MR) is 133 cm³/mol. The van der Waals surface area contributed by atoms with E-state index in [1.165, 1.54) is 18.2 Å². The number of benzene rings is 2. The van der Waals surface area contributed by atoms with Crippen molar-refractivity contribution in [2.75, 3.05) is 13.1 Å². The number of carbonyl (C=O) groups excluding carboxylic acids is 3. The Hall–Kier alpha value is -3.21. The quantitative estimate of drug-likeness (QED) is 0.512. The molecule has 0 saturated carbocycles. The van der Waals surface area contributed by atoms with Crippen molar-refractivity contribution >= 4 is 51.0 Å². The summed E-state index contributed by atoms with van der Waals surface area (Å²) in [5.74, 6) is -0.782. The van der Waals surface area contributed by atoms with Crippen LogP contribution in [0.5, 0.6) is 0 Å². The van der Waals surface area contributed by atoms with Gasteiger partial charge in [0.2, 0.25) is 15.9 Å². The molecular formula is C24H25N3O5S2. The summed E-state index contributed by atoms with van der Waals surface area (Å²) >= 11 is 0.873. The fourth-order valence-corrected chi connectivity index (χ4v) is 5.17. The predicted octanol–water partition coefficient (Wildman–Crippen LogP) is 3.24. The third-order valence-corrected chi connectivity index (χ3v) is 7.20. The molecule has 2 aromatic rings. The molecule has 10 heteroatoms. The van der Waals surface area contributed by atoms with Gasteiger partial charge in [-0.25, -0.2) is 13.1 Å². The molecule has 34 heavy (non-hydrogen) atoms. The minimum Gasteiger partial charge on any atom is -0.351 e. The zero-order valence-corrected chi connectivity index (χ0v) is 20.4. The molecular weight excluding hydrogens is 474 g/mol. The van der Waals surface area contributed by atoms with Gasteiger partial charge in [0, 0.05) is 25.2 Å². The van der Waals surface area contributed by atoms with Crippen LogP contribution in [0.2, 0.25) is 0 Å². The van der Waals surface area contributed by atoms with Gasteiger partial charge < -0.3 is 5.32 Å². The van der Waals surface area contributed by atoms with Crippen LogP contribution in [0.3, 0.4) is 0 Å². The highest BCUT2D eigenvalue weighted by Gasteiger charge is 2.34. The maximum absolute atomic E-state index is 12.5. The standard InChI is InChI=1S/C24H25N3O5S2/c1-17(2)26-34(31,32)20-11-8-18(9-12-20)10-13-22(28)25-14-15-27-23(29)21(33-24(27)30)16-19-6-4-3-5-7-19/h3-13,16-17,26H,14-15H2,1-2H3,(H,25,28)/b13-10+,21-16-. The summed E-state index contributed by atoms with van der Waals surface area (Å²) in [6, 6.07) is 15.1. The van der Waals surface area contributed by atoms with Crippen molar-refractivity contribution in [1.29, 1.82) is 0 Å². The molecule has 1 aliphatic heterocycles. The highest BCUT2D eigenvalue weighted by atomic mass is 32.2. The van der Waals surface area contributed by atoms with Crippen LogP contribution < -0.4 is 10.0 Å². The van der Waals surface area contributed by atoms with Crippen LogP contribution in [0.1, 0.15) is 25.0 Å². The van der Waals surface area contributed by atoms with E-state index in [1.54, 1.807) is 38.1 Å². The summed E-state index contributed by atoms with van der Waals surface area (Å²) in [4.78, 5) is 38.4. The summed E-state index contributed by atoms with van der Waals surface area (Å²) in [5, 5.41) is 2.26. The number of amides is 3. The fraction of sp³-hybridized carbons (Fsp3) is 0.208. The lowest BCUT2D eigenvalue weighted by Crippen LogP contribution is -2.36. The van der Waals surface area contributed by atoms with Gasteiger partial charge in [-0.15, -0.1) is 0 Å². The van der Waals surface area contributed by atoms with E-state index in [0.29, 0.717) is 10.5 Å². The number of nitrogens with zero attached hydrogens (tertiary/aromatic N) is 1. The summed E-state index contributed by atoms with van der Waals surface area (Å²) in [6.45, 7) is 3.65. The summed E-state index contributed by atoms with van der Waals surface area (Å²) in [7, 11) is -3.58. The highest BCUT2D eigenvalue weighted by Crippen LogP contribution is 2.31. The molecule has 0 aromatic heterocycles. The lowest BCUT2D eigenvalue weighted by Gasteiger charge is -2.12. The molecule has 0 atom stereocenters. The van der Waals surface area contributed by atoms with Crippen molar-refractivity contribution in [3.8, 4) is 0 Å². The average molecular weight is 500 g/mol. The molecule has 1 saturated heterocycles. The van der Waals surface area contributed by atoms with E-state index < -0.39 is 15.9 Å². The topological polar surface area (TPSA) is 113 Å². The van der Waals surface area contributed by atoms with Crippen molar-refractivity contribution in [2.45, 2.75) is 24.8 Å². The Morgan fingerprint density at radius 2 is 1.71 bits per heavy atom. The van der Waals surface area contributed by atoms with E-state index in [4.69, 9.17) is 0 Å². The first-order chi connectivity index (χ1) is 16.2. The Balaban J connectivity index is 1.50. The van der Waals surface area contributed by atoms with Crippen LogP contribution in [0.15, 0.2) is 70.5 Å². The van der Waals surface area contributed by atoms with Gasteiger partial charge >= 0.3 is 0 Å². The maximum Gasteiger partial charge on any atom is 0.293 e. The number of sulfonamides is 1. The molecule has 0 unspecified atom stereocenters. The second-order valence-corrected chi connectivity index (χ2v) is 10.4. The molecule has 1 heterocycles. The van der Waals surface area contributed by atoms with Crippen LogP contribution in [0, 0.1) is 0 Å². The van der Waals surface area contributed by atoms with Crippen LogP contribution in [-0.2, 0) is 19.6 Å². The average Bonchev–Trinajstić information content (AvgIpc) is 3.05. The molecule has 2 N–H and O–H groups in total. The Labute approximate surface area is 203 Å². The van der Waals surface area contributed by atoms with E-state index >= 15 is 0 Å². The van der Waals surface area contributed by atoms with E-state index in [2.05, 4.69) is 10.0 Å². The number of hydrogen-bond donors (Lipinski definition) is 2. The summed E-state index contributed by atoms with van der Waals surface area (Å²) in [5.41, 5.74) is 1.48. The molecule has 1 aliphatic rings. The molecule has 0 bridgehead atoms. The molecule has 0 radical (unpaired) electrons. The van der Waals surface area contributed by atoms with Gasteiger partial charge in [-0.2, -0.15) is 0 Å². The van der Waals surface area contributed by atoms with Gasteiger partial charge in [0.1, 0.15) is 0 Å². The van der Waals surface area contributed by atoms with Gasteiger partial charge in [0.25, 0.3) is 11.1 Å². The fourth-order valence-electron chi connectivity index (χ4n) is 3.05. The number of carbonyl (C=O) groups is 3. The maximum atomic E-state index is 12.5. The van der Waals surface area contributed by atoms with Crippen molar-refractivity contribution < 1.29 is 22.8 Å². The molecule has 8 nitrogen and oxygen atoms in total. The van der Waals surface area contributed by atoms with Crippen molar-refractivity contribution in [2.24, 2.45) is 0 Å². The second-order valence-electron chi connectivity index (χ2n) is 7.71. The molecule has 3 amide bonds. The SMILES string of the molecule is CC(C)NS(=O)(=O)c1ccc(/C=C/C(=O)NCCN2C(=O)S/C(=C\c3ccccc3)C2=O)cc1. The van der Waals surface area contributed by atoms with Crippen molar-refractivity contribution in [3.05, 3.63) is 76.7 Å². The van der Waals surface area contributed by atoms with Gasteiger partial charge in [0.15, 0.2) is 0 Å². The molecule has 2 aromatic carbocycles. The third kappa shape index (κ3) is 6.89. The molecule has 0 spiro atoms. The minimum absolute atomic E-state index is 0.0613. The smallest absolute Gasteiger partial charge is 0.293 e. The first-order valence-corrected chi connectivity index (χ1v) is 12.8. The van der Waals surface area contributed by atoms with E-state index in [1.807, 2.05) is 30.3 Å². The van der Waals surface area contributed by atoms with Gasteiger partial charge in [-0.05, 0) is 61.0 Å². The molecule has 0 aliphatic carbocycles. The number of nitrogens with one attached hydrogen (secondary N) is 2. The first kappa shape index (κ1) is 25.4. The number of hydrogen-bond acceptors (Lipinski definition) is 6. The lowest BCUT2D eigenvalue weighted by atomic mass is 10.2. The molecule has 3 rings (SSSR count). The Bertz CT molecular complexity index is 1220. The van der Waals surface area contributed by atoms with Gasteiger partial charge in [-0.3, -0.25) is 19.3 Å². The first-order valence-electron chi connectivity index (χ1n) is 10.5. The lowest BCUT2D eigenvalue weighted by molar-refractivity contribution is -0.123. The van der Waals surface area contributed by atoms with E-state index in [-0.39, 0.29) is 35.2 Å². The number of imide groups is 1. The minimum atomic E-state index is -3.58. The number of thioether (sulfide) groups is 1. The molecule has 1 fully saturated rings. The third-order valence-electron chi connectivity index (χ3n) is 4.61. The van der Waals surface area contributed by atoms with Gasteiger partial charge in [-0.1, -0.05) is 42.5 Å². The Morgan fingerprint density at radius 3 is 2.35 bits per heavy atom. The van der Waals surface area contributed by atoms with Crippen molar-refractivity contribution in [3.63, 3.8) is 0 Å². The van der Waals surface area contributed by atoms with Crippen LogP contribution in [0.4, 0.5) is 4.79 Å². The van der Waals surface area contributed by atoms with Gasteiger partial charge in [0.05, 0.1) is 9.80 Å². The van der Waals surface area contributed by atoms with Crippen molar-refractivity contribution in [1.82, 2.24) is 14.9 Å². The van der Waals surface area contributed by atoms with E-state index in [9.17, 15) is 22.8 Å². The number of rotatable bonds is 9. The summed E-state index contributed by atoms with van der Waals surface area (Å²) < 4.78 is 26.8.